The van der Waals surface area contributed by atoms with Crippen molar-refractivity contribution in [1.29, 1.82) is 0 Å². The second kappa shape index (κ2) is 6.33. The zero-order chi connectivity index (χ0) is 14.7. The Labute approximate surface area is 124 Å². The van der Waals surface area contributed by atoms with Crippen LogP contribution in [0.5, 0.6) is 5.75 Å². The molecule has 0 radical (unpaired) electrons. The van der Waals surface area contributed by atoms with Crippen LogP contribution in [-0.2, 0) is 0 Å². The highest BCUT2D eigenvalue weighted by molar-refractivity contribution is 9.10. The molecule has 2 nitrogen and oxygen atoms in total. The van der Waals surface area contributed by atoms with Crippen molar-refractivity contribution in [3.05, 3.63) is 63.6 Å². The third kappa shape index (κ3) is 2.83. The molecule has 20 heavy (non-hydrogen) atoms. The minimum Gasteiger partial charge on any atom is -0.496 e. The molecule has 0 aliphatic rings. The van der Waals surface area contributed by atoms with Crippen LogP contribution in [0.4, 0.5) is 8.78 Å². The van der Waals surface area contributed by atoms with Crippen LogP contribution in [0.25, 0.3) is 0 Å². The Morgan fingerprint density at radius 2 is 1.80 bits per heavy atom. The van der Waals surface area contributed by atoms with Crippen molar-refractivity contribution in [3.8, 4) is 5.75 Å². The lowest BCUT2D eigenvalue weighted by atomic mass is 9.97. The zero-order valence-corrected chi connectivity index (χ0v) is 12.7. The van der Waals surface area contributed by atoms with Gasteiger partial charge in [0.1, 0.15) is 17.4 Å². The van der Waals surface area contributed by atoms with Crippen molar-refractivity contribution in [2.24, 2.45) is 0 Å². The predicted octanol–water partition coefficient (Wildman–Crippen LogP) is 4.04. The summed E-state index contributed by atoms with van der Waals surface area (Å²) in [6, 6.07) is 8.92. The number of rotatable bonds is 4. The van der Waals surface area contributed by atoms with E-state index in [1.165, 1.54) is 19.2 Å². The standard InChI is InChI=1S/C15H14BrF2NO/c1-19-15(9-5-3-4-6-12(9)17)10-7-11(16)13(18)8-14(10)20-2/h3-8,15,19H,1-2H3. The van der Waals surface area contributed by atoms with E-state index in [1.807, 2.05) is 0 Å². The molecule has 5 heteroatoms. The first-order valence-corrected chi connectivity index (χ1v) is 6.82. The average Bonchev–Trinajstić information content (AvgIpc) is 2.45. The lowest BCUT2D eigenvalue weighted by molar-refractivity contribution is 0.400. The Balaban J connectivity index is 2.58. The Kier molecular flexibility index (Phi) is 4.73. The SMILES string of the molecule is CNC(c1ccccc1F)c1cc(Br)c(F)cc1OC. The van der Waals surface area contributed by atoms with E-state index in [2.05, 4.69) is 21.2 Å². The van der Waals surface area contributed by atoms with Crippen LogP contribution in [0, 0.1) is 11.6 Å². The molecule has 0 aliphatic carbocycles. The summed E-state index contributed by atoms with van der Waals surface area (Å²) in [5, 5.41) is 3.03. The number of ether oxygens (including phenoxy) is 1. The maximum Gasteiger partial charge on any atom is 0.141 e. The van der Waals surface area contributed by atoms with Gasteiger partial charge in [0.05, 0.1) is 17.6 Å². The van der Waals surface area contributed by atoms with Gasteiger partial charge in [-0.05, 0) is 35.1 Å². The number of benzene rings is 2. The molecule has 0 amide bonds. The molecule has 2 rings (SSSR count). The van der Waals surface area contributed by atoms with E-state index in [4.69, 9.17) is 4.74 Å². The van der Waals surface area contributed by atoms with E-state index in [-0.39, 0.29) is 5.82 Å². The number of methoxy groups -OCH3 is 1. The van der Waals surface area contributed by atoms with E-state index >= 15 is 0 Å². The van der Waals surface area contributed by atoms with E-state index in [1.54, 1.807) is 31.3 Å². The minimum atomic E-state index is -0.428. The lowest BCUT2D eigenvalue weighted by Gasteiger charge is -2.21. The van der Waals surface area contributed by atoms with Crippen molar-refractivity contribution >= 4 is 15.9 Å². The van der Waals surface area contributed by atoms with Crippen LogP contribution in [0.1, 0.15) is 17.2 Å². The van der Waals surface area contributed by atoms with Crippen LogP contribution < -0.4 is 10.1 Å². The minimum absolute atomic E-state index is 0.310. The number of hydrogen-bond donors (Lipinski definition) is 1. The molecule has 1 atom stereocenters. The molecular weight excluding hydrogens is 328 g/mol. The molecule has 0 aliphatic heterocycles. The summed E-state index contributed by atoms with van der Waals surface area (Å²) < 4.78 is 33.0. The fourth-order valence-electron chi connectivity index (χ4n) is 2.13. The topological polar surface area (TPSA) is 21.3 Å². The molecule has 0 saturated carbocycles. The number of nitrogens with one attached hydrogen (secondary N) is 1. The third-order valence-electron chi connectivity index (χ3n) is 3.09. The Morgan fingerprint density at radius 1 is 1.10 bits per heavy atom. The molecule has 1 N–H and O–H groups in total. The first-order chi connectivity index (χ1) is 9.58. The van der Waals surface area contributed by atoms with Crippen molar-refractivity contribution in [2.45, 2.75) is 6.04 Å². The van der Waals surface area contributed by atoms with E-state index in [9.17, 15) is 8.78 Å². The monoisotopic (exact) mass is 341 g/mol. The van der Waals surface area contributed by atoms with Crippen molar-refractivity contribution in [1.82, 2.24) is 5.32 Å². The first kappa shape index (κ1) is 14.9. The maximum atomic E-state index is 14.0. The molecule has 0 aromatic heterocycles. The van der Waals surface area contributed by atoms with Gasteiger partial charge in [-0.3, -0.25) is 0 Å². The van der Waals surface area contributed by atoms with Gasteiger partial charge in [0.15, 0.2) is 0 Å². The molecule has 0 spiro atoms. The molecule has 0 fully saturated rings. The molecule has 106 valence electrons. The fourth-order valence-corrected chi connectivity index (χ4v) is 2.50. The van der Waals surface area contributed by atoms with E-state index < -0.39 is 11.9 Å². The Hall–Kier alpha value is -1.46. The van der Waals surface area contributed by atoms with Gasteiger partial charge in [0.25, 0.3) is 0 Å². The second-order valence-electron chi connectivity index (χ2n) is 4.25. The quantitative estimate of drug-likeness (QED) is 0.905. The highest BCUT2D eigenvalue weighted by atomic mass is 79.9. The Morgan fingerprint density at radius 3 is 2.40 bits per heavy atom. The van der Waals surface area contributed by atoms with Gasteiger partial charge >= 0.3 is 0 Å². The van der Waals surface area contributed by atoms with Gasteiger partial charge in [-0.25, -0.2) is 8.78 Å². The highest BCUT2D eigenvalue weighted by Crippen LogP contribution is 2.34. The van der Waals surface area contributed by atoms with Crippen molar-refractivity contribution in [3.63, 3.8) is 0 Å². The van der Waals surface area contributed by atoms with Gasteiger partial charge < -0.3 is 10.1 Å². The second-order valence-corrected chi connectivity index (χ2v) is 5.11. The van der Waals surface area contributed by atoms with Crippen molar-refractivity contribution < 1.29 is 13.5 Å². The molecule has 2 aromatic rings. The van der Waals surface area contributed by atoms with Gasteiger partial charge in [-0.2, -0.15) is 0 Å². The van der Waals surface area contributed by atoms with E-state index in [0.717, 1.165) is 0 Å². The summed E-state index contributed by atoms with van der Waals surface area (Å²) in [6.07, 6.45) is 0. The first-order valence-electron chi connectivity index (χ1n) is 6.03. The fraction of sp³-hybridized carbons (Fsp3) is 0.200. The number of halogens is 3. The van der Waals surface area contributed by atoms with Crippen LogP contribution >= 0.6 is 15.9 Å². The number of hydrogen-bond acceptors (Lipinski definition) is 2. The van der Waals surface area contributed by atoms with E-state index in [0.29, 0.717) is 21.3 Å². The molecule has 0 bridgehead atoms. The lowest BCUT2D eigenvalue weighted by Crippen LogP contribution is -2.20. The molecule has 0 saturated heterocycles. The van der Waals surface area contributed by atoms with Gasteiger partial charge in [-0.1, -0.05) is 18.2 Å². The Bertz CT molecular complexity index is 619. The van der Waals surface area contributed by atoms with Gasteiger partial charge in [0.2, 0.25) is 0 Å². The summed E-state index contributed by atoms with van der Waals surface area (Å²) in [6.45, 7) is 0. The molecular formula is C15H14BrF2NO. The average molecular weight is 342 g/mol. The smallest absolute Gasteiger partial charge is 0.141 e. The van der Waals surface area contributed by atoms with Gasteiger partial charge in [-0.15, -0.1) is 0 Å². The zero-order valence-electron chi connectivity index (χ0n) is 11.1. The summed E-state index contributed by atoms with van der Waals surface area (Å²) in [5.41, 5.74) is 1.14. The highest BCUT2D eigenvalue weighted by Gasteiger charge is 2.21. The van der Waals surface area contributed by atoms with Crippen molar-refractivity contribution in [2.75, 3.05) is 14.2 Å². The summed E-state index contributed by atoms with van der Waals surface area (Å²) in [4.78, 5) is 0. The summed E-state index contributed by atoms with van der Waals surface area (Å²) in [5.74, 6) is -0.378. The maximum absolute atomic E-state index is 14.0. The predicted molar refractivity (Wildman–Crippen MR) is 78.0 cm³/mol. The molecule has 1 unspecified atom stereocenters. The normalized spacial score (nSPS) is 12.2. The van der Waals surface area contributed by atoms with Gasteiger partial charge in [0, 0.05) is 17.2 Å². The largest absolute Gasteiger partial charge is 0.496 e. The van der Waals surface area contributed by atoms with Crippen LogP contribution in [0.2, 0.25) is 0 Å². The van der Waals surface area contributed by atoms with Crippen LogP contribution in [-0.4, -0.2) is 14.2 Å². The van der Waals surface area contributed by atoms with Crippen LogP contribution in [0.3, 0.4) is 0 Å². The molecule has 2 aromatic carbocycles. The summed E-state index contributed by atoms with van der Waals surface area (Å²) >= 11 is 3.15. The van der Waals surface area contributed by atoms with Crippen LogP contribution in [0.15, 0.2) is 40.9 Å². The molecule has 0 heterocycles. The summed E-state index contributed by atoms with van der Waals surface area (Å²) in [7, 11) is 3.17. The third-order valence-corrected chi connectivity index (χ3v) is 3.70.